The summed E-state index contributed by atoms with van der Waals surface area (Å²) in [5, 5.41) is 9.20. The first-order chi connectivity index (χ1) is 13.5. The second-order valence-corrected chi connectivity index (χ2v) is 6.98. The van der Waals surface area contributed by atoms with Gasteiger partial charge in [0.1, 0.15) is 0 Å². The number of rotatable bonds is 9. The summed E-state index contributed by atoms with van der Waals surface area (Å²) in [4.78, 5) is 22.0. The Balaban J connectivity index is 0.000000330. The lowest BCUT2D eigenvalue weighted by molar-refractivity contribution is 0.0497. The second kappa shape index (κ2) is 14.0. The summed E-state index contributed by atoms with van der Waals surface area (Å²) in [5.74, 6) is -1.32. The Kier molecular flexibility index (Phi) is 12.0. The maximum absolute atomic E-state index is 11.7. The van der Waals surface area contributed by atoms with E-state index in [1.807, 2.05) is 0 Å². The molecule has 0 fully saturated rings. The van der Waals surface area contributed by atoms with Crippen LogP contribution in [0.5, 0.6) is 0 Å². The zero-order valence-electron chi connectivity index (χ0n) is 16.0. The van der Waals surface area contributed by atoms with Gasteiger partial charge >= 0.3 is 11.9 Å². The van der Waals surface area contributed by atoms with E-state index in [2.05, 4.69) is 6.92 Å². The van der Waals surface area contributed by atoms with Crippen LogP contribution in [-0.4, -0.2) is 23.7 Å². The molecule has 0 aliphatic rings. The molecule has 2 aromatic carbocycles. The van der Waals surface area contributed by atoms with E-state index in [9.17, 15) is 9.59 Å². The third kappa shape index (κ3) is 9.25. The molecule has 2 rings (SSSR count). The lowest BCUT2D eigenvalue weighted by atomic mass is 10.1. The Morgan fingerprint density at radius 2 is 1.32 bits per heavy atom. The number of hydrogen-bond acceptors (Lipinski definition) is 3. The van der Waals surface area contributed by atoms with Crippen molar-refractivity contribution in [2.45, 2.75) is 45.4 Å². The summed E-state index contributed by atoms with van der Waals surface area (Å²) >= 11 is 11.5. The number of unbranched alkanes of at least 4 members (excludes halogenated alkanes) is 5. The number of ether oxygens (including phenoxy) is 1. The molecule has 0 heterocycles. The third-order valence-corrected chi connectivity index (χ3v) is 4.59. The minimum absolute atomic E-state index is 0.143. The Labute approximate surface area is 176 Å². The molecule has 28 heavy (non-hydrogen) atoms. The van der Waals surface area contributed by atoms with Crippen LogP contribution in [0.1, 0.15) is 66.2 Å². The van der Waals surface area contributed by atoms with Crippen LogP contribution in [0.2, 0.25) is 10.0 Å². The van der Waals surface area contributed by atoms with Crippen molar-refractivity contribution >= 4 is 35.1 Å². The van der Waals surface area contributed by atoms with Crippen LogP contribution in [0.25, 0.3) is 0 Å². The molecular weight excluding hydrogens is 399 g/mol. The third-order valence-electron chi connectivity index (χ3n) is 3.93. The molecular formula is C22H26Cl2O4. The molecule has 152 valence electrons. The molecule has 0 radical (unpaired) electrons. The number of hydrogen-bond donors (Lipinski definition) is 1. The summed E-state index contributed by atoms with van der Waals surface area (Å²) < 4.78 is 5.19. The standard InChI is InChI=1S/C15H21ClO2.C7H5ClO2/c1-2-3-4-5-6-9-12-18-15(17)13-10-7-8-11-14(13)16;8-6-4-2-1-3-5(6)7(9)10/h7-8,10-11H,2-6,9,12H2,1H3;1-4H,(H,9,10). The highest BCUT2D eigenvalue weighted by Crippen LogP contribution is 2.16. The maximum Gasteiger partial charge on any atom is 0.339 e. The zero-order chi connectivity index (χ0) is 20.8. The molecule has 0 atom stereocenters. The van der Waals surface area contributed by atoms with Crippen molar-refractivity contribution in [1.82, 2.24) is 0 Å². The lowest BCUT2D eigenvalue weighted by Crippen LogP contribution is -2.06. The number of benzene rings is 2. The van der Waals surface area contributed by atoms with Crippen LogP contribution in [0.15, 0.2) is 48.5 Å². The molecule has 0 bridgehead atoms. The number of carboxylic acids is 1. The molecule has 4 nitrogen and oxygen atoms in total. The molecule has 6 heteroatoms. The average Bonchev–Trinajstić information content (AvgIpc) is 2.68. The Hall–Kier alpha value is -2.04. The molecule has 0 spiro atoms. The minimum Gasteiger partial charge on any atom is -0.478 e. The van der Waals surface area contributed by atoms with E-state index >= 15 is 0 Å². The van der Waals surface area contributed by atoms with Crippen molar-refractivity contribution < 1.29 is 19.4 Å². The van der Waals surface area contributed by atoms with E-state index in [-0.39, 0.29) is 16.6 Å². The number of esters is 1. The van der Waals surface area contributed by atoms with Crippen LogP contribution >= 0.6 is 23.2 Å². The second-order valence-electron chi connectivity index (χ2n) is 6.17. The minimum atomic E-state index is -0.995. The van der Waals surface area contributed by atoms with Gasteiger partial charge in [0.05, 0.1) is 27.8 Å². The molecule has 0 amide bonds. The van der Waals surface area contributed by atoms with Crippen LogP contribution in [0.3, 0.4) is 0 Å². The smallest absolute Gasteiger partial charge is 0.339 e. The van der Waals surface area contributed by atoms with Crippen molar-refractivity contribution in [2.24, 2.45) is 0 Å². The van der Waals surface area contributed by atoms with E-state index in [1.54, 1.807) is 42.5 Å². The van der Waals surface area contributed by atoms with Gasteiger partial charge in [0.25, 0.3) is 0 Å². The van der Waals surface area contributed by atoms with E-state index in [0.29, 0.717) is 17.2 Å². The van der Waals surface area contributed by atoms with Gasteiger partial charge in [-0.1, -0.05) is 86.5 Å². The molecule has 0 aromatic heterocycles. The molecule has 0 saturated heterocycles. The van der Waals surface area contributed by atoms with E-state index in [1.165, 1.54) is 31.7 Å². The molecule has 0 saturated carbocycles. The van der Waals surface area contributed by atoms with Crippen molar-refractivity contribution in [3.05, 3.63) is 69.7 Å². The van der Waals surface area contributed by atoms with Crippen molar-refractivity contribution in [1.29, 1.82) is 0 Å². The fourth-order valence-corrected chi connectivity index (χ4v) is 2.82. The summed E-state index contributed by atoms with van der Waals surface area (Å²) in [6.45, 7) is 2.68. The van der Waals surface area contributed by atoms with Crippen LogP contribution in [-0.2, 0) is 4.74 Å². The predicted octanol–water partition coefficient (Wildman–Crippen LogP) is 6.90. The fourth-order valence-electron chi connectivity index (χ4n) is 2.39. The topological polar surface area (TPSA) is 63.6 Å². The first-order valence-corrected chi connectivity index (χ1v) is 10.1. The summed E-state index contributed by atoms with van der Waals surface area (Å²) in [6, 6.07) is 13.3. The number of carboxylic acid groups (broad SMARTS) is 1. The van der Waals surface area contributed by atoms with Gasteiger partial charge in [-0.05, 0) is 30.7 Å². The van der Waals surface area contributed by atoms with E-state index in [0.717, 1.165) is 12.8 Å². The van der Waals surface area contributed by atoms with Gasteiger partial charge in [0.15, 0.2) is 0 Å². The highest BCUT2D eigenvalue weighted by Gasteiger charge is 2.10. The summed E-state index contributed by atoms with van der Waals surface area (Å²) in [7, 11) is 0. The quantitative estimate of drug-likeness (QED) is 0.351. The van der Waals surface area contributed by atoms with Gasteiger partial charge < -0.3 is 9.84 Å². The first kappa shape index (κ1) is 24.0. The number of carbonyl (C=O) groups excluding carboxylic acids is 1. The SMILES string of the molecule is CCCCCCCCOC(=O)c1ccccc1Cl.O=C(O)c1ccccc1Cl. The normalized spacial score (nSPS) is 9.96. The highest BCUT2D eigenvalue weighted by molar-refractivity contribution is 6.33. The van der Waals surface area contributed by atoms with Gasteiger partial charge in [-0.2, -0.15) is 0 Å². The molecule has 0 aliphatic heterocycles. The Morgan fingerprint density at radius 1 is 0.821 bits per heavy atom. The van der Waals surface area contributed by atoms with Crippen LogP contribution < -0.4 is 0 Å². The van der Waals surface area contributed by atoms with Gasteiger partial charge in [0.2, 0.25) is 0 Å². The van der Waals surface area contributed by atoms with Crippen molar-refractivity contribution in [3.63, 3.8) is 0 Å². The molecule has 2 aromatic rings. The summed E-state index contributed by atoms with van der Waals surface area (Å²) in [5.41, 5.74) is 0.592. The van der Waals surface area contributed by atoms with Gasteiger partial charge in [-0.25, -0.2) is 9.59 Å². The monoisotopic (exact) mass is 424 g/mol. The molecule has 1 N–H and O–H groups in total. The lowest BCUT2D eigenvalue weighted by Gasteiger charge is -2.06. The Bertz CT molecular complexity index is 747. The van der Waals surface area contributed by atoms with Crippen LogP contribution in [0.4, 0.5) is 0 Å². The number of aromatic carboxylic acids is 1. The zero-order valence-corrected chi connectivity index (χ0v) is 17.5. The fraction of sp³-hybridized carbons (Fsp3) is 0.364. The Morgan fingerprint density at radius 3 is 1.82 bits per heavy atom. The van der Waals surface area contributed by atoms with Gasteiger partial charge in [-0.3, -0.25) is 0 Å². The number of carbonyl (C=O) groups is 2. The van der Waals surface area contributed by atoms with E-state index in [4.69, 9.17) is 33.0 Å². The predicted molar refractivity (Wildman–Crippen MR) is 114 cm³/mol. The average molecular weight is 425 g/mol. The van der Waals surface area contributed by atoms with E-state index < -0.39 is 5.97 Å². The largest absolute Gasteiger partial charge is 0.478 e. The van der Waals surface area contributed by atoms with Crippen LogP contribution in [0, 0.1) is 0 Å². The maximum atomic E-state index is 11.7. The first-order valence-electron chi connectivity index (χ1n) is 9.36. The number of halogens is 2. The highest BCUT2D eigenvalue weighted by atomic mass is 35.5. The summed E-state index contributed by atoms with van der Waals surface area (Å²) in [6.07, 6.45) is 7.09. The molecule has 0 aliphatic carbocycles. The molecule has 0 unspecified atom stereocenters. The van der Waals surface area contributed by atoms with Crippen molar-refractivity contribution in [3.8, 4) is 0 Å². The van der Waals surface area contributed by atoms with Gasteiger partial charge in [-0.15, -0.1) is 0 Å². The van der Waals surface area contributed by atoms with Crippen molar-refractivity contribution in [2.75, 3.05) is 6.61 Å². The van der Waals surface area contributed by atoms with Gasteiger partial charge in [0, 0.05) is 0 Å².